The summed E-state index contributed by atoms with van der Waals surface area (Å²) in [5, 5.41) is 8.45. The van der Waals surface area contributed by atoms with E-state index in [0.29, 0.717) is 0 Å². The number of quaternary nitrogens is 1. The summed E-state index contributed by atoms with van der Waals surface area (Å²) in [6.45, 7) is 15.0. The fourth-order valence-electron chi connectivity index (χ4n) is 9.25. The summed E-state index contributed by atoms with van der Waals surface area (Å²) in [4.78, 5) is 1.52. The second kappa shape index (κ2) is 22.3. The molecule has 0 heterocycles. The van der Waals surface area contributed by atoms with Gasteiger partial charge in [0.2, 0.25) is 0 Å². The molecule has 0 aromatic heterocycles. The molecule has 0 N–H and O–H groups in total. The maximum Gasteiger partial charge on any atom is 3.00 e. The molecule has 4 aliphatic rings. The van der Waals surface area contributed by atoms with Crippen LogP contribution in [-0.2, 0) is 85.7 Å². The van der Waals surface area contributed by atoms with Crippen molar-refractivity contribution in [3.05, 3.63) is 128 Å². The van der Waals surface area contributed by atoms with Gasteiger partial charge in [-0.25, -0.2) is 10.8 Å². The average Bonchev–Trinajstić information content (AvgIpc) is 3.26. The van der Waals surface area contributed by atoms with Crippen LogP contribution in [0.15, 0.2) is 83.7 Å². The maximum atomic E-state index is 5.41. The van der Waals surface area contributed by atoms with E-state index in [-0.39, 0.29) is 22.4 Å². The molecule has 0 fully saturated rings. The number of hydrogen-bond donors (Lipinski definition) is 0. The van der Waals surface area contributed by atoms with Gasteiger partial charge in [-0.3, -0.25) is 0 Å². The summed E-state index contributed by atoms with van der Waals surface area (Å²) in [6.07, 6.45) is 28.8. The van der Waals surface area contributed by atoms with E-state index in [1.165, 1.54) is 148 Å². The molecule has 0 spiro atoms. The van der Waals surface area contributed by atoms with E-state index >= 15 is 0 Å². The van der Waals surface area contributed by atoms with E-state index in [2.05, 4.69) is 113 Å². The molecule has 0 saturated carbocycles. The predicted octanol–water partition coefficient (Wildman–Crippen LogP) is 14.2. The second-order valence-corrected chi connectivity index (χ2v) is 17.5. The third-order valence-corrected chi connectivity index (χ3v) is 13.8. The monoisotopic (exact) mass is 1020 g/mol. The van der Waals surface area contributed by atoms with Crippen molar-refractivity contribution >= 4 is 105 Å². The summed E-state index contributed by atoms with van der Waals surface area (Å²) in [5.74, 6) is 0. The van der Waals surface area contributed by atoms with Gasteiger partial charge in [0.1, 0.15) is 0 Å². The Hall–Kier alpha value is -2.58. The Balaban J connectivity index is 0.000000165. The molecule has 58 heavy (non-hydrogen) atoms. The Kier molecular flexibility index (Phi) is 17.9. The van der Waals surface area contributed by atoms with Gasteiger partial charge in [-0.15, -0.1) is 0 Å². The van der Waals surface area contributed by atoms with Crippen molar-refractivity contribution in [1.29, 1.82) is 0 Å². The summed E-state index contributed by atoms with van der Waals surface area (Å²) in [6, 6.07) is 17.4. The van der Waals surface area contributed by atoms with Gasteiger partial charge < -0.3 is 55.0 Å². The largest absolute Gasteiger partial charge is 3.00 e. The van der Waals surface area contributed by atoms with Gasteiger partial charge in [-0.1, -0.05) is 138 Å². The zero-order valence-corrected chi connectivity index (χ0v) is 40.4. The fourth-order valence-corrected chi connectivity index (χ4v) is 9.86. The van der Waals surface area contributed by atoms with Crippen molar-refractivity contribution in [3.63, 3.8) is 0 Å². The van der Waals surface area contributed by atoms with Crippen molar-refractivity contribution in [2.45, 2.75) is 105 Å². The van der Waals surface area contributed by atoms with E-state index < -0.39 is 0 Å². The first-order valence-electron chi connectivity index (χ1n) is 21.6. The van der Waals surface area contributed by atoms with Crippen molar-refractivity contribution < 1.29 is 26.9 Å². The first-order chi connectivity index (χ1) is 27.8. The number of unbranched alkanes of at least 4 members (excludes halogenated alkanes) is 4. The Labute approximate surface area is 388 Å². The molecule has 8 rings (SSSR count). The van der Waals surface area contributed by atoms with Crippen molar-refractivity contribution in [1.82, 2.24) is 0 Å². The number of benzene rings is 4. The summed E-state index contributed by atoms with van der Waals surface area (Å²) in [5.41, 5.74) is 13.3. The van der Waals surface area contributed by atoms with Gasteiger partial charge in [-0.05, 0) is 129 Å². The Morgan fingerprint density at radius 1 is 0.534 bits per heavy atom. The summed E-state index contributed by atoms with van der Waals surface area (Å²) >= 11 is 20.9. The molecular formula is C52H60AuNS4. The predicted molar refractivity (Wildman–Crippen MR) is 263 cm³/mol. The normalized spacial score (nSPS) is 14.8. The zero-order chi connectivity index (χ0) is 40.4. The van der Waals surface area contributed by atoms with Crippen LogP contribution in [0.2, 0.25) is 0 Å². The van der Waals surface area contributed by atoms with Crippen LogP contribution in [0.3, 0.4) is 0 Å². The Morgan fingerprint density at radius 2 is 0.914 bits per heavy atom. The summed E-state index contributed by atoms with van der Waals surface area (Å²) < 4.78 is 1.42. The third kappa shape index (κ3) is 10.3. The average molecular weight is 1020 g/mol. The van der Waals surface area contributed by atoms with Gasteiger partial charge in [0, 0.05) is 0 Å². The molecule has 0 aliphatic heterocycles. The van der Waals surface area contributed by atoms with Crippen LogP contribution in [0.1, 0.15) is 136 Å². The second-order valence-electron chi connectivity index (χ2n) is 16.1. The molecular weight excluding hydrogens is 964 g/mol. The van der Waals surface area contributed by atoms with E-state index in [0.717, 1.165) is 46.6 Å². The van der Waals surface area contributed by atoms with Crippen LogP contribution in [0, 0.1) is 0 Å². The van der Waals surface area contributed by atoms with Gasteiger partial charge in [0.25, 0.3) is 0 Å². The number of nitrogens with zero attached hydrogens (tertiary/aromatic N) is 1. The van der Waals surface area contributed by atoms with E-state index in [4.69, 9.17) is 50.5 Å². The number of rotatable bonds is 14. The number of allylic oxidation sites excluding steroid dienone is 6. The van der Waals surface area contributed by atoms with Gasteiger partial charge in [0.15, 0.2) is 0 Å². The molecule has 4 aromatic rings. The molecule has 1 nitrogen and oxygen atoms in total. The van der Waals surface area contributed by atoms with Gasteiger partial charge in [-0.2, -0.15) is 9.81 Å². The van der Waals surface area contributed by atoms with E-state index in [1.807, 2.05) is 0 Å². The molecule has 308 valence electrons. The molecule has 0 saturated heterocycles. The van der Waals surface area contributed by atoms with Crippen LogP contribution in [-0.4, -0.2) is 30.7 Å². The van der Waals surface area contributed by atoms with Crippen molar-refractivity contribution in [2.24, 2.45) is 0 Å². The van der Waals surface area contributed by atoms with Gasteiger partial charge >= 0.3 is 22.4 Å². The van der Waals surface area contributed by atoms with Crippen LogP contribution < -0.4 is 0 Å². The summed E-state index contributed by atoms with van der Waals surface area (Å²) in [7, 11) is 0. The maximum absolute atomic E-state index is 5.41. The quantitative estimate of drug-likeness (QED) is 0.0701. The van der Waals surface area contributed by atoms with Crippen LogP contribution in [0.4, 0.5) is 0 Å². The topological polar surface area (TPSA) is 0 Å². The minimum atomic E-state index is 0. The number of hydrogen-bond acceptors (Lipinski definition) is 4. The molecule has 0 unspecified atom stereocenters. The minimum Gasteiger partial charge on any atom is -0.789 e. The molecule has 0 atom stereocenters. The fraction of sp³-hybridized carbons (Fsp3) is 0.385. The molecule has 4 aromatic carbocycles. The minimum absolute atomic E-state index is 0. The van der Waals surface area contributed by atoms with Crippen molar-refractivity contribution in [3.8, 4) is 0 Å². The van der Waals surface area contributed by atoms with E-state index in [9.17, 15) is 0 Å². The smallest absolute Gasteiger partial charge is 0.789 e. The first-order valence-corrected chi connectivity index (χ1v) is 23.3. The van der Waals surface area contributed by atoms with Crippen LogP contribution >= 0.6 is 0 Å². The van der Waals surface area contributed by atoms with Crippen LogP contribution in [0.25, 0.3) is 54.7 Å². The standard InChI is InChI=1S/2C18H14S2.C16H36N.Au/c2*19-10-16(20)14-8-6-13-5-4-11-2-1-3-12-7-9-15(14)18(13)17(11)12;1-5-9-13-17(14-10-6-2,15-11-7-3)16-12-8-4;/h2*1,3-4,6-10,19-20H,2,5H2;5-16H2,1-4H3;/q;;+1;+3/p-4/b2*16-10-;;. The Bertz CT molecular complexity index is 2080. The molecule has 6 heteroatoms. The SMILES string of the molecule is CCCC[N+](CCCC)(CCCC)CCCC.[Au+3].[S-]/C=C(\[S-])c1ccc2c3c4c(ccc13)C=CCC4=CC2.[S-]/C=C(\[S-])c1ccc2c3c4c(ccc13)C=CCC4=CC2. The van der Waals surface area contributed by atoms with E-state index in [1.54, 1.807) is 10.8 Å². The molecule has 0 bridgehead atoms. The van der Waals surface area contributed by atoms with Crippen molar-refractivity contribution in [2.75, 3.05) is 26.2 Å². The molecule has 4 aliphatic carbocycles. The Morgan fingerprint density at radius 3 is 1.26 bits per heavy atom. The zero-order valence-electron chi connectivity index (χ0n) is 34.9. The molecule has 0 radical (unpaired) electrons. The van der Waals surface area contributed by atoms with Crippen LogP contribution in [0.5, 0.6) is 0 Å². The van der Waals surface area contributed by atoms with Gasteiger partial charge in [0.05, 0.1) is 26.2 Å². The molecule has 0 amide bonds. The first kappa shape index (κ1) is 46.5. The third-order valence-electron chi connectivity index (χ3n) is 12.3.